The maximum atomic E-state index is 14.0. The van der Waals surface area contributed by atoms with Gasteiger partial charge < -0.3 is 15.3 Å². The van der Waals surface area contributed by atoms with Gasteiger partial charge in [0.25, 0.3) is 15.9 Å². The van der Waals surface area contributed by atoms with Gasteiger partial charge in [0.15, 0.2) is 5.84 Å². The van der Waals surface area contributed by atoms with Crippen molar-refractivity contribution in [2.45, 2.75) is 43.7 Å². The van der Waals surface area contributed by atoms with E-state index in [1.54, 1.807) is 24.0 Å². The van der Waals surface area contributed by atoms with Gasteiger partial charge in [0, 0.05) is 24.2 Å². The van der Waals surface area contributed by atoms with E-state index in [9.17, 15) is 31.1 Å². The molecular formula is C26H27FN4O6S2. The molecule has 1 amide bonds. The molecule has 2 aliphatic carbocycles. The van der Waals surface area contributed by atoms with Gasteiger partial charge in [0.05, 0.1) is 11.9 Å². The second-order valence-corrected chi connectivity index (χ2v) is 14.1. The average Bonchev–Trinajstić information content (AvgIpc) is 3.46. The standard InChI is InChI=1S/C26H27FN4O6S2/c1-13-9-14(3-7-18(13)27)12-31-23-16-5-4-15(10-16)21(23)24(32)22(26(31)33)25-28-19-8-6-17(29-38(2,34)35)11-20(19)39(36,37)30-25/h3,6-9,11,15-16,21,23,29,32H,4-5,10,12H2,1-2H3,(H,28,30)/t15-,16-,21+,23-/m0/s1. The van der Waals surface area contributed by atoms with Crippen LogP contribution in [0.1, 0.15) is 30.4 Å². The van der Waals surface area contributed by atoms with Crippen LogP contribution in [0.3, 0.4) is 0 Å². The summed E-state index contributed by atoms with van der Waals surface area (Å²) in [4.78, 5) is 15.4. The molecule has 2 aliphatic heterocycles. The molecule has 6 rings (SSSR count). The fourth-order valence-electron chi connectivity index (χ4n) is 6.60. The average molecular weight is 575 g/mol. The van der Waals surface area contributed by atoms with Crippen molar-refractivity contribution in [3.05, 3.63) is 64.7 Å². The third-order valence-corrected chi connectivity index (χ3v) is 10.0. The molecule has 2 fully saturated rings. The summed E-state index contributed by atoms with van der Waals surface area (Å²) in [6, 6.07) is 8.32. The Morgan fingerprint density at radius 2 is 1.92 bits per heavy atom. The zero-order valence-corrected chi connectivity index (χ0v) is 22.8. The third-order valence-electron chi connectivity index (χ3n) is 8.12. The number of aliphatic hydroxyl groups excluding tert-OH is 1. The maximum absolute atomic E-state index is 14.0. The number of fused-ring (bicyclic) bond motifs is 6. The first kappa shape index (κ1) is 25.8. The molecule has 2 heterocycles. The van der Waals surface area contributed by atoms with E-state index >= 15 is 0 Å². The van der Waals surface area contributed by atoms with E-state index in [0.29, 0.717) is 5.56 Å². The van der Waals surface area contributed by atoms with E-state index in [4.69, 9.17) is 0 Å². The first-order valence-corrected chi connectivity index (χ1v) is 15.9. The molecule has 0 aromatic heterocycles. The van der Waals surface area contributed by atoms with Gasteiger partial charge in [-0.1, -0.05) is 12.1 Å². The van der Waals surface area contributed by atoms with Crippen molar-refractivity contribution in [1.82, 2.24) is 4.90 Å². The molecule has 2 aromatic carbocycles. The molecule has 10 nitrogen and oxygen atoms in total. The van der Waals surface area contributed by atoms with Crippen molar-refractivity contribution in [2.24, 2.45) is 22.2 Å². The molecular weight excluding hydrogens is 547 g/mol. The smallest absolute Gasteiger partial charge is 0.286 e. The van der Waals surface area contributed by atoms with Gasteiger partial charge in [-0.15, -0.1) is 4.40 Å². The molecule has 4 aliphatic rings. The maximum Gasteiger partial charge on any atom is 0.286 e. The minimum Gasteiger partial charge on any atom is -0.511 e. The van der Waals surface area contributed by atoms with E-state index in [2.05, 4.69) is 14.4 Å². The Morgan fingerprint density at radius 1 is 1.18 bits per heavy atom. The minimum absolute atomic E-state index is 0.0432. The SMILES string of the molecule is Cc1cc(CN2C(=O)C(C3=NS(=O)(=O)c4cc(NS(C)(=O)=O)ccc4N3)=C(O)[C@@H]3[C@H]4CC[C@@H](C4)[C@@H]32)ccc1F. The minimum atomic E-state index is -4.35. The number of halogens is 1. The Bertz CT molecular complexity index is 1700. The number of sulfonamides is 2. The topological polar surface area (TPSA) is 145 Å². The molecule has 3 N–H and O–H groups in total. The van der Waals surface area contributed by atoms with E-state index in [1.807, 2.05) is 0 Å². The summed E-state index contributed by atoms with van der Waals surface area (Å²) in [5, 5.41) is 14.3. The highest BCUT2D eigenvalue weighted by Crippen LogP contribution is 2.55. The number of amidine groups is 1. The lowest BCUT2D eigenvalue weighted by Gasteiger charge is -2.44. The zero-order valence-electron chi connectivity index (χ0n) is 21.2. The van der Waals surface area contributed by atoms with Crippen LogP contribution in [-0.4, -0.2) is 50.9 Å². The van der Waals surface area contributed by atoms with E-state index in [1.165, 1.54) is 18.2 Å². The number of carbonyl (C=O) groups excluding carboxylic acids is 1. The Balaban J connectivity index is 1.41. The summed E-state index contributed by atoms with van der Waals surface area (Å²) in [7, 11) is -8.00. The van der Waals surface area contributed by atoms with Crippen LogP contribution >= 0.6 is 0 Å². The Kier molecular flexibility index (Phi) is 5.81. The summed E-state index contributed by atoms with van der Waals surface area (Å²) < 4.78 is 69.6. The van der Waals surface area contributed by atoms with E-state index < -0.39 is 26.0 Å². The number of nitrogens with zero attached hydrogens (tertiary/aromatic N) is 2. The fourth-order valence-corrected chi connectivity index (χ4v) is 8.30. The number of aryl methyl sites for hydroxylation is 1. The molecule has 39 heavy (non-hydrogen) atoms. The van der Waals surface area contributed by atoms with Crippen LogP contribution in [0.2, 0.25) is 0 Å². The van der Waals surface area contributed by atoms with Crippen LogP contribution < -0.4 is 10.0 Å². The van der Waals surface area contributed by atoms with Gasteiger partial charge in [0.2, 0.25) is 10.0 Å². The van der Waals surface area contributed by atoms with E-state index in [-0.39, 0.29) is 69.6 Å². The zero-order chi connectivity index (χ0) is 27.9. The van der Waals surface area contributed by atoms with Gasteiger partial charge in [-0.05, 0) is 73.4 Å². The van der Waals surface area contributed by atoms with Crippen LogP contribution in [-0.2, 0) is 31.4 Å². The van der Waals surface area contributed by atoms with Crippen molar-refractivity contribution in [1.29, 1.82) is 0 Å². The third kappa shape index (κ3) is 4.37. The molecule has 0 spiro atoms. The van der Waals surface area contributed by atoms with Crippen molar-refractivity contribution in [3.63, 3.8) is 0 Å². The molecule has 0 unspecified atom stereocenters. The highest BCUT2D eigenvalue weighted by atomic mass is 32.2. The molecule has 2 aromatic rings. The lowest BCUT2D eigenvalue weighted by molar-refractivity contribution is -0.134. The monoisotopic (exact) mass is 574 g/mol. The largest absolute Gasteiger partial charge is 0.511 e. The van der Waals surface area contributed by atoms with Crippen LogP contribution in [0.15, 0.2) is 57.0 Å². The highest BCUT2D eigenvalue weighted by molar-refractivity contribution is 7.92. The number of aliphatic hydroxyl groups is 1. The number of amides is 1. The molecule has 2 bridgehead atoms. The number of nitrogens with one attached hydrogen (secondary N) is 2. The van der Waals surface area contributed by atoms with Crippen LogP contribution in [0.25, 0.3) is 0 Å². The predicted octanol–water partition coefficient (Wildman–Crippen LogP) is 3.29. The Labute approximate surface area is 225 Å². The number of hydrogen-bond acceptors (Lipinski definition) is 7. The summed E-state index contributed by atoms with van der Waals surface area (Å²) in [5.41, 5.74) is 1.12. The van der Waals surface area contributed by atoms with Crippen molar-refractivity contribution < 1.29 is 31.1 Å². The fraction of sp³-hybridized carbons (Fsp3) is 0.385. The number of anilines is 2. The van der Waals surface area contributed by atoms with Gasteiger partial charge in [-0.3, -0.25) is 9.52 Å². The van der Waals surface area contributed by atoms with Gasteiger partial charge in [0.1, 0.15) is 22.0 Å². The Morgan fingerprint density at radius 3 is 2.64 bits per heavy atom. The van der Waals surface area contributed by atoms with Crippen molar-refractivity contribution in [3.8, 4) is 0 Å². The molecule has 206 valence electrons. The molecule has 0 saturated heterocycles. The second-order valence-electron chi connectivity index (χ2n) is 10.8. The molecule has 13 heteroatoms. The first-order valence-electron chi connectivity index (χ1n) is 12.6. The van der Waals surface area contributed by atoms with Gasteiger partial charge in [-0.2, -0.15) is 8.42 Å². The highest BCUT2D eigenvalue weighted by Gasteiger charge is 2.57. The first-order chi connectivity index (χ1) is 18.3. The summed E-state index contributed by atoms with van der Waals surface area (Å²) >= 11 is 0. The van der Waals surface area contributed by atoms with Crippen LogP contribution in [0.4, 0.5) is 15.8 Å². The van der Waals surface area contributed by atoms with Gasteiger partial charge in [-0.25, -0.2) is 12.8 Å². The van der Waals surface area contributed by atoms with Gasteiger partial charge >= 0.3 is 0 Å². The molecule has 0 radical (unpaired) electrons. The predicted molar refractivity (Wildman–Crippen MR) is 143 cm³/mol. The normalized spacial score (nSPS) is 27.1. The van der Waals surface area contributed by atoms with Crippen LogP contribution in [0.5, 0.6) is 0 Å². The van der Waals surface area contributed by atoms with Crippen LogP contribution in [0, 0.1) is 30.5 Å². The van der Waals surface area contributed by atoms with E-state index in [0.717, 1.165) is 37.1 Å². The summed E-state index contributed by atoms with van der Waals surface area (Å²) in [6.45, 7) is 1.83. The van der Waals surface area contributed by atoms with Crippen molar-refractivity contribution >= 4 is 43.2 Å². The molecule has 4 atom stereocenters. The molecule has 2 saturated carbocycles. The summed E-state index contributed by atoms with van der Waals surface area (Å²) in [6.07, 6.45) is 3.64. The van der Waals surface area contributed by atoms with Crippen molar-refractivity contribution in [2.75, 3.05) is 16.3 Å². The lowest BCUT2D eigenvalue weighted by Crippen LogP contribution is -2.53. The lowest BCUT2D eigenvalue weighted by atomic mass is 9.77. The number of carbonyl (C=O) groups is 1. The quantitative estimate of drug-likeness (QED) is 0.497. The number of hydrogen-bond donors (Lipinski definition) is 3. The second kappa shape index (κ2) is 8.78. The number of rotatable bonds is 5. The number of benzene rings is 2. The summed E-state index contributed by atoms with van der Waals surface area (Å²) in [5.74, 6) is -1.34. The Hall–Kier alpha value is -3.45.